The van der Waals surface area contributed by atoms with Crippen molar-refractivity contribution >= 4 is 33.4 Å². The third kappa shape index (κ3) is 3.10. The second-order valence-corrected chi connectivity index (χ2v) is 6.53. The minimum atomic E-state index is -3.52. The van der Waals surface area contributed by atoms with Crippen LogP contribution in [-0.4, -0.2) is 43.3 Å². The van der Waals surface area contributed by atoms with Gasteiger partial charge in [-0.15, -0.1) is 0 Å². The van der Waals surface area contributed by atoms with Crippen LogP contribution in [0.4, 0.5) is 0 Å². The Morgan fingerprint density at radius 2 is 2.25 bits per heavy atom. The Morgan fingerprint density at radius 1 is 1.56 bits per heavy atom. The van der Waals surface area contributed by atoms with Crippen LogP contribution in [0.2, 0.25) is 5.02 Å². The molecule has 1 aromatic heterocycles. The SMILES string of the molecule is CSCCN(C)S(=O)(=O)c1cnccc1Cl. The zero-order chi connectivity index (χ0) is 12.2. The lowest BCUT2D eigenvalue weighted by atomic mass is 10.5. The van der Waals surface area contributed by atoms with Gasteiger partial charge in [0.2, 0.25) is 10.0 Å². The van der Waals surface area contributed by atoms with Gasteiger partial charge < -0.3 is 0 Å². The summed E-state index contributed by atoms with van der Waals surface area (Å²) in [6.07, 6.45) is 4.66. The van der Waals surface area contributed by atoms with E-state index in [1.807, 2.05) is 6.26 Å². The standard InChI is InChI=1S/C9H13ClN2O2S2/c1-12(5-6-15-2)16(13,14)9-7-11-4-3-8(9)10/h3-4,7H,5-6H2,1-2H3. The van der Waals surface area contributed by atoms with E-state index in [-0.39, 0.29) is 9.92 Å². The second kappa shape index (κ2) is 5.86. The molecule has 4 nitrogen and oxygen atoms in total. The van der Waals surface area contributed by atoms with Crippen LogP contribution in [0, 0.1) is 0 Å². The normalized spacial score (nSPS) is 12.0. The van der Waals surface area contributed by atoms with Crippen molar-refractivity contribution in [1.29, 1.82) is 0 Å². The van der Waals surface area contributed by atoms with Crippen molar-refractivity contribution in [3.8, 4) is 0 Å². The zero-order valence-electron chi connectivity index (χ0n) is 9.05. The smallest absolute Gasteiger partial charge is 0.245 e. The van der Waals surface area contributed by atoms with Crippen LogP contribution in [0.1, 0.15) is 0 Å². The molecule has 0 aliphatic rings. The van der Waals surface area contributed by atoms with Gasteiger partial charge in [-0.05, 0) is 12.3 Å². The predicted octanol–water partition coefficient (Wildman–Crippen LogP) is 1.72. The fourth-order valence-corrected chi connectivity index (χ4v) is 3.21. The molecular formula is C9H13ClN2O2S2. The number of thioether (sulfide) groups is 1. The summed E-state index contributed by atoms with van der Waals surface area (Å²) in [4.78, 5) is 3.83. The first kappa shape index (κ1) is 13.8. The molecule has 0 saturated carbocycles. The highest BCUT2D eigenvalue weighted by Crippen LogP contribution is 2.22. The first-order chi connectivity index (χ1) is 7.50. The lowest BCUT2D eigenvalue weighted by Gasteiger charge is -2.16. The summed E-state index contributed by atoms with van der Waals surface area (Å²) in [6.45, 7) is 0.453. The molecule has 0 aliphatic carbocycles. The molecule has 0 aliphatic heterocycles. The van der Waals surface area contributed by atoms with E-state index in [1.165, 1.54) is 29.8 Å². The molecule has 0 spiro atoms. The number of sulfonamides is 1. The first-order valence-corrected chi connectivity index (χ1v) is 7.76. The van der Waals surface area contributed by atoms with Gasteiger partial charge in [-0.25, -0.2) is 12.7 Å². The van der Waals surface area contributed by atoms with Crippen LogP contribution in [0.5, 0.6) is 0 Å². The summed E-state index contributed by atoms with van der Waals surface area (Å²) >= 11 is 7.43. The third-order valence-electron chi connectivity index (χ3n) is 2.03. The molecule has 1 heterocycles. The Morgan fingerprint density at radius 3 is 2.81 bits per heavy atom. The van der Waals surface area contributed by atoms with Gasteiger partial charge in [0.25, 0.3) is 0 Å². The Labute approximate surface area is 105 Å². The molecule has 7 heteroatoms. The highest BCUT2D eigenvalue weighted by Gasteiger charge is 2.23. The monoisotopic (exact) mass is 280 g/mol. The lowest BCUT2D eigenvalue weighted by Crippen LogP contribution is -2.29. The van der Waals surface area contributed by atoms with Crippen molar-refractivity contribution in [3.05, 3.63) is 23.5 Å². The van der Waals surface area contributed by atoms with Crippen LogP contribution in [-0.2, 0) is 10.0 Å². The van der Waals surface area contributed by atoms with Crippen molar-refractivity contribution in [1.82, 2.24) is 9.29 Å². The van der Waals surface area contributed by atoms with Gasteiger partial charge in [-0.1, -0.05) is 11.6 Å². The number of nitrogens with zero attached hydrogens (tertiary/aromatic N) is 2. The number of aromatic nitrogens is 1. The molecule has 16 heavy (non-hydrogen) atoms. The van der Waals surface area contributed by atoms with E-state index in [2.05, 4.69) is 4.98 Å². The van der Waals surface area contributed by atoms with Crippen LogP contribution < -0.4 is 0 Å². The summed E-state index contributed by atoms with van der Waals surface area (Å²) in [7, 11) is -1.98. The van der Waals surface area contributed by atoms with E-state index in [4.69, 9.17) is 11.6 Å². The Balaban J connectivity index is 2.98. The van der Waals surface area contributed by atoms with Crippen molar-refractivity contribution in [2.45, 2.75) is 4.90 Å². The van der Waals surface area contributed by atoms with Gasteiger partial charge in [0.15, 0.2) is 0 Å². The number of halogens is 1. The molecular weight excluding hydrogens is 268 g/mol. The van der Waals surface area contributed by atoms with Crippen molar-refractivity contribution < 1.29 is 8.42 Å². The van der Waals surface area contributed by atoms with E-state index in [1.54, 1.807) is 11.8 Å². The van der Waals surface area contributed by atoms with E-state index in [0.29, 0.717) is 6.54 Å². The highest BCUT2D eigenvalue weighted by atomic mass is 35.5. The zero-order valence-corrected chi connectivity index (χ0v) is 11.4. The summed E-state index contributed by atoms with van der Waals surface area (Å²) in [5, 5.41) is 0.200. The fourth-order valence-electron chi connectivity index (χ4n) is 1.06. The number of rotatable bonds is 5. The molecule has 0 atom stereocenters. The van der Waals surface area contributed by atoms with Crippen LogP contribution in [0.15, 0.2) is 23.4 Å². The Hall–Kier alpha value is -0.300. The van der Waals surface area contributed by atoms with E-state index < -0.39 is 10.0 Å². The molecule has 1 aromatic rings. The van der Waals surface area contributed by atoms with Gasteiger partial charge >= 0.3 is 0 Å². The maximum Gasteiger partial charge on any atom is 0.245 e. The molecule has 0 unspecified atom stereocenters. The average Bonchev–Trinajstić information content (AvgIpc) is 2.26. The predicted molar refractivity (Wildman–Crippen MR) is 67.4 cm³/mol. The molecule has 1 rings (SSSR count). The van der Waals surface area contributed by atoms with Gasteiger partial charge in [-0.3, -0.25) is 4.98 Å². The molecule has 90 valence electrons. The van der Waals surface area contributed by atoms with Gasteiger partial charge in [0.05, 0.1) is 5.02 Å². The molecule has 0 amide bonds. The Kier molecular flexibility index (Phi) is 5.04. The molecule has 0 aromatic carbocycles. The topological polar surface area (TPSA) is 50.3 Å². The summed E-state index contributed by atoms with van der Waals surface area (Å²) in [5.74, 6) is 0.744. The minimum Gasteiger partial charge on any atom is -0.263 e. The lowest BCUT2D eigenvalue weighted by molar-refractivity contribution is 0.488. The van der Waals surface area contributed by atoms with Gasteiger partial charge in [0.1, 0.15) is 4.90 Å². The quantitative estimate of drug-likeness (QED) is 0.824. The summed E-state index contributed by atoms with van der Waals surface area (Å²) in [6, 6.07) is 1.47. The maximum atomic E-state index is 12.1. The molecule has 0 fully saturated rings. The summed E-state index contributed by atoms with van der Waals surface area (Å²) < 4.78 is 25.4. The molecule has 0 radical (unpaired) electrons. The van der Waals surface area contributed by atoms with Crippen molar-refractivity contribution in [2.24, 2.45) is 0 Å². The largest absolute Gasteiger partial charge is 0.263 e. The minimum absolute atomic E-state index is 0.0558. The fraction of sp³-hybridized carbons (Fsp3) is 0.444. The molecule has 0 saturated heterocycles. The first-order valence-electron chi connectivity index (χ1n) is 4.55. The second-order valence-electron chi connectivity index (χ2n) is 3.13. The molecule has 0 N–H and O–H groups in total. The number of hydrogen-bond acceptors (Lipinski definition) is 4. The average molecular weight is 281 g/mol. The molecule has 0 bridgehead atoms. The van der Waals surface area contributed by atoms with Crippen molar-refractivity contribution in [2.75, 3.05) is 25.6 Å². The van der Waals surface area contributed by atoms with Crippen LogP contribution in [0.25, 0.3) is 0 Å². The van der Waals surface area contributed by atoms with E-state index in [0.717, 1.165) is 5.75 Å². The summed E-state index contributed by atoms with van der Waals surface area (Å²) in [5.41, 5.74) is 0. The van der Waals surface area contributed by atoms with E-state index in [9.17, 15) is 8.42 Å². The van der Waals surface area contributed by atoms with Crippen molar-refractivity contribution in [3.63, 3.8) is 0 Å². The van der Waals surface area contributed by atoms with Gasteiger partial charge in [0, 0.05) is 31.7 Å². The highest BCUT2D eigenvalue weighted by molar-refractivity contribution is 7.98. The number of hydrogen-bond donors (Lipinski definition) is 0. The number of pyridine rings is 1. The maximum absolute atomic E-state index is 12.1. The Bertz CT molecular complexity index is 451. The van der Waals surface area contributed by atoms with Gasteiger partial charge in [-0.2, -0.15) is 11.8 Å². The third-order valence-corrected chi connectivity index (χ3v) is 4.95. The van der Waals surface area contributed by atoms with Crippen LogP contribution in [0.3, 0.4) is 0 Å². The van der Waals surface area contributed by atoms with E-state index >= 15 is 0 Å². The van der Waals surface area contributed by atoms with Crippen LogP contribution >= 0.6 is 23.4 Å².